The first-order chi connectivity index (χ1) is 4.31. The van der Waals surface area contributed by atoms with Gasteiger partial charge in [-0.2, -0.15) is 16.8 Å². The van der Waals surface area contributed by atoms with Crippen LogP contribution in [0, 0.1) is 0 Å². The summed E-state index contributed by atoms with van der Waals surface area (Å²) >= 11 is 0. The van der Waals surface area contributed by atoms with Gasteiger partial charge in [0.05, 0.1) is 0 Å². The molecule has 0 aromatic rings. The molecule has 0 aromatic carbocycles. The van der Waals surface area contributed by atoms with E-state index >= 15 is 0 Å². The second-order valence-corrected chi connectivity index (χ2v) is 5.45. The summed E-state index contributed by atoms with van der Waals surface area (Å²) < 4.78 is 51.3. The van der Waals surface area contributed by atoms with Crippen LogP contribution in [0.4, 0.5) is 0 Å². The summed E-state index contributed by atoms with van der Waals surface area (Å²) in [4.78, 5) is 0. The first-order valence-corrected chi connectivity index (χ1v) is 5.19. The molecule has 0 saturated heterocycles. The molecule has 0 aromatic heterocycles. The van der Waals surface area contributed by atoms with Gasteiger partial charge in [0.2, 0.25) is 0 Å². The molecule has 0 rings (SSSR count). The van der Waals surface area contributed by atoms with Crippen LogP contribution < -0.4 is 0 Å². The highest BCUT2D eigenvalue weighted by molar-refractivity contribution is 8.63. The second-order valence-electron chi connectivity index (χ2n) is 1.10. The Labute approximate surface area is 57.4 Å². The molecule has 0 aliphatic rings. The Hall–Kier alpha value is -0.600. The van der Waals surface area contributed by atoms with Crippen molar-refractivity contribution in [3.63, 3.8) is 0 Å². The Morgan fingerprint density at radius 1 is 1.30 bits per heavy atom. The Morgan fingerprint density at radius 2 is 1.70 bits per heavy atom. The van der Waals surface area contributed by atoms with Crippen LogP contribution in [0.2, 0.25) is 0 Å². The average molecular weight is 188 g/mol. The normalized spacial score (nSPS) is 12.5. The molecule has 0 unspecified atom stereocenters. The Morgan fingerprint density at radius 3 is 1.80 bits per heavy atom. The van der Waals surface area contributed by atoms with Crippen molar-refractivity contribution in [2.24, 2.45) is 0 Å². The van der Waals surface area contributed by atoms with E-state index in [4.69, 9.17) is 4.55 Å². The highest BCUT2D eigenvalue weighted by Crippen LogP contribution is 2.01. The monoisotopic (exact) mass is 188 g/mol. The molecule has 0 spiro atoms. The molecule has 0 radical (unpaired) electrons. The van der Waals surface area contributed by atoms with E-state index in [1.54, 1.807) is 0 Å². The second kappa shape index (κ2) is 2.56. The van der Waals surface area contributed by atoms with Crippen molar-refractivity contribution in [3.8, 4) is 0 Å². The van der Waals surface area contributed by atoms with Gasteiger partial charge in [-0.05, 0) is 0 Å². The van der Waals surface area contributed by atoms with Gasteiger partial charge < -0.3 is 4.18 Å². The van der Waals surface area contributed by atoms with Gasteiger partial charge in [0.15, 0.2) is 0 Å². The Balaban J connectivity index is 4.98. The molecule has 6 nitrogen and oxygen atoms in total. The molecule has 1 N–H and O–H groups in total. The van der Waals surface area contributed by atoms with Crippen molar-refractivity contribution >= 4 is 18.3 Å². The molecule has 0 amide bonds. The van der Waals surface area contributed by atoms with Crippen LogP contribution in [0.3, 0.4) is 0 Å². The lowest BCUT2D eigenvalue weighted by atomic mass is 11.2. The standard InChI is InChI=1S/C2H4O6S2/c1-2-8-10(6,7)9(3,4)5/h2H,1H2,(H,3,4,5). The van der Waals surface area contributed by atoms with Gasteiger partial charge in [-0.15, -0.1) is 0 Å². The van der Waals surface area contributed by atoms with Crippen LogP contribution in [0.5, 0.6) is 0 Å². The first kappa shape index (κ1) is 9.40. The van der Waals surface area contributed by atoms with E-state index in [-0.39, 0.29) is 0 Å². The molecule has 0 saturated carbocycles. The van der Waals surface area contributed by atoms with Crippen molar-refractivity contribution in [1.29, 1.82) is 0 Å². The van der Waals surface area contributed by atoms with E-state index in [9.17, 15) is 16.8 Å². The maximum absolute atomic E-state index is 10.1. The van der Waals surface area contributed by atoms with Gasteiger partial charge in [0.1, 0.15) is 6.26 Å². The maximum Gasteiger partial charge on any atom is 0.443 e. The summed E-state index contributed by atoms with van der Waals surface area (Å²) in [5.74, 6) is 0. The summed E-state index contributed by atoms with van der Waals surface area (Å²) in [6.07, 6.45) is 0.378. The maximum atomic E-state index is 10.1. The van der Waals surface area contributed by atoms with Crippen LogP contribution in [-0.2, 0) is 22.5 Å². The van der Waals surface area contributed by atoms with Crippen LogP contribution >= 0.6 is 0 Å². The van der Waals surface area contributed by atoms with Gasteiger partial charge in [-0.25, -0.2) is 0 Å². The fourth-order valence-corrected chi connectivity index (χ4v) is 0.863. The van der Waals surface area contributed by atoms with Crippen LogP contribution in [0.1, 0.15) is 0 Å². The fourth-order valence-electron chi connectivity index (χ4n) is 0.133. The molecule has 60 valence electrons. The van der Waals surface area contributed by atoms with Crippen molar-refractivity contribution in [2.45, 2.75) is 0 Å². The van der Waals surface area contributed by atoms with E-state index in [2.05, 4.69) is 10.8 Å². The number of rotatable bonds is 3. The van der Waals surface area contributed by atoms with Crippen molar-refractivity contribution in [3.05, 3.63) is 12.8 Å². The molecule has 0 aliphatic carbocycles. The van der Waals surface area contributed by atoms with E-state index in [0.29, 0.717) is 6.26 Å². The highest BCUT2D eigenvalue weighted by atomic mass is 33.2. The summed E-state index contributed by atoms with van der Waals surface area (Å²) in [6, 6.07) is 0. The lowest BCUT2D eigenvalue weighted by Crippen LogP contribution is -2.14. The van der Waals surface area contributed by atoms with E-state index < -0.39 is 18.3 Å². The lowest BCUT2D eigenvalue weighted by molar-refractivity contribution is 0.437. The average Bonchev–Trinajstić information content (AvgIpc) is 1.61. The smallest absolute Gasteiger partial charge is 0.378 e. The minimum atomic E-state index is -5.19. The predicted octanol–water partition coefficient (Wildman–Crippen LogP) is -0.721. The molecular weight excluding hydrogens is 184 g/mol. The summed E-state index contributed by atoms with van der Waals surface area (Å²) in [5, 5.41) is 0. The molecule has 0 heterocycles. The Kier molecular flexibility index (Phi) is 2.41. The predicted molar refractivity (Wildman–Crippen MR) is 31.8 cm³/mol. The van der Waals surface area contributed by atoms with Crippen LogP contribution in [0.25, 0.3) is 0 Å². The van der Waals surface area contributed by atoms with Crippen molar-refractivity contribution < 1.29 is 25.6 Å². The van der Waals surface area contributed by atoms with Crippen LogP contribution in [-0.4, -0.2) is 21.4 Å². The zero-order chi connectivity index (χ0) is 8.41. The summed E-state index contributed by atoms with van der Waals surface area (Å²) in [6.45, 7) is 2.78. The zero-order valence-corrected chi connectivity index (χ0v) is 6.22. The van der Waals surface area contributed by atoms with Gasteiger partial charge in [0.25, 0.3) is 0 Å². The van der Waals surface area contributed by atoms with Gasteiger partial charge in [0, 0.05) is 0 Å². The van der Waals surface area contributed by atoms with Crippen molar-refractivity contribution in [2.75, 3.05) is 0 Å². The topological polar surface area (TPSA) is 97.7 Å². The van der Waals surface area contributed by atoms with Gasteiger partial charge >= 0.3 is 18.3 Å². The molecule has 0 atom stereocenters. The Bertz CT molecular complexity index is 306. The van der Waals surface area contributed by atoms with Gasteiger partial charge in [-0.1, -0.05) is 6.58 Å². The number of hydrogen-bond acceptors (Lipinski definition) is 5. The van der Waals surface area contributed by atoms with Crippen molar-refractivity contribution in [1.82, 2.24) is 0 Å². The first-order valence-electron chi connectivity index (χ1n) is 1.83. The third-order valence-electron chi connectivity index (χ3n) is 0.444. The van der Waals surface area contributed by atoms with E-state index in [0.717, 1.165) is 0 Å². The SMILES string of the molecule is C=COS(=O)(=O)S(=O)(=O)O. The van der Waals surface area contributed by atoms with E-state index in [1.165, 1.54) is 0 Å². The van der Waals surface area contributed by atoms with E-state index in [1.807, 2.05) is 0 Å². The zero-order valence-electron chi connectivity index (χ0n) is 4.59. The minimum absolute atomic E-state index is 0.378. The quantitative estimate of drug-likeness (QED) is 0.356. The van der Waals surface area contributed by atoms with Gasteiger partial charge in [-0.3, -0.25) is 4.55 Å². The molecule has 8 heteroatoms. The molecular formula is C2H4O6S2. The molecule has 10 heavy (non-hydrogen) atoms. The highest BCUT2D eigenvalue weighted by Gasteiger charge is 2.27. The molecule has 0 fully saturated rings. The largest absolute Gasteiger partial charge is 0.443 e. The lowest BCUT2D eigenvalue weighted by Gasteiger charge is -1.95. The molecule has 0 bridgehead atoms. The fraction of sp³-hybridized carbons (Fsp3) is 0. The molecule has 0 aliphatic heterocycles. The third kappa shape index (κ3) is 1.97. The summed E-state index contributed by atoms with van der Waals surface area (Å²) in [7, 11) is -10.1. The summed E-state index contributed by atoms with van der Waals surface area (Å²) in [5.41, 5.74) is 0. The minimum Gasteiger partial charge on any atom is -0.378 e. The third-order valence-corrected chi connectivity index (χ3v) is 3.11. The number of hydrogen-bond donors (Lipinski definition) is 1. The van der Waals surface area contributed by atoms with Crippen LogP contribution in [0.15, 0.2) is 12.8 Å².